The average Bonchev–Trinajstić information content (AvgIpc) is 3.09. The monoisotopic (exact) mass is 389 g/mol. The smallest absolute Gasteiger partial charge is 0.257 e. The van der Waals surface area contributed by atoms with Gasteiger partial charge < -0.3 is 9.64 Å². The summed E-state index contributed by atoms with van der Waals surface area (Å²) in [6, 6.07) is 18.4. The van der Waals surface area contributed by atoms with Gasteiger partial charge in [-0.15, -0.1) is 0 Å². The Morgan fingerprint density at radius 2 is 1.86 bits per heavy atom. The van der Waals surface area contributed by atoms with E-state index in [1.807, 2.05) is 46.1 Å². The van der Waals surface area contributed by atoms with Crippen molar-refractivity contribution in [3.8, 4) is 5.75 Å². The minimum absolute atomic E-state index is 0.0621. The number of hydrogen-bond donors (Lipinski definition) is 0. The molecule has 0 aliphatic carbocycles. The van der Waals surface area contributed by atoms with Gasteiger partial charge in [0.05, 0.1) is 31.5 Å². The van der Waals surface area contributed by atoms with Crippen LogP contribution in [-0.4, -0.2) is 34.2 Å². The summed E-state index contributed by atoms with van der Waals surface area (Å²) in [7, 11) is 1.67. The van der Waals surface area contributed by atoms with E-state index in [-0.39, 0.29) is 11.9 Å². The summed E-state index contributed by atoms with van der Waals surface area (Å²) in [5, 5.41) is 4.42. The normalized spacial score (nSPS) is 17.0. The van der Waals surface area contributed by atoms with Crippen LogP contribution in [0.2, 0.25) is 0 Å². The van der Waals surface area contributed by atoms with Crippen molar-refractivity contribution in [2.24, 2.45) is 0 Å². The summed E-state index contributed by atoms with van der Waals surface area (Å²) in [4.78, 5) is 15.4. The summed E-state index contributed by atoms with van der Waals surface area (Å²) in [6.07, 6.45) is 7.87. The molecule has 3 aromatic rings. The highest BCUT2D eigenvalue weighted by Crippen LogP contribution is 2.32. The Labute approximate surface area is 171 Å². The summed E-state index contributed by atoms with van der Waals surface area (Å²) < 4.78 is 7.12. The molecule has 1 aliphatic rings. The molecule has 2 heterocycles. The minimum atomic E-state index is 0.0621. The summed E-state index contributed by atoms with van der Waals surface area (Å²) >= 11 is 0. The van der Waals surface area contributed by atoms with E-state index in [2.05, 4.69) is 29.4 Å². The molecule has 2 aromatic carbocycles. The fourth-order valence-corrected chi connectivity index (χ4v) is 4.02. The number of carbonyl (C=O) groups is 1. The molecule has 1 aliphatic heterocycles. The maximum Gasteiger partial charge on any atom is 0.257 e. The van der Waals surface area contributed by atoms with E-state index >= 15 is 0 Å². The van der Waals surface area contributed by atoms with Gasteiger partial charge in [0.2, 0.25) is 0 Å². The number of methoxy groups -OCH3 is 1. The van der Waals surface area contributed by atoms with Crippen LogP contribution >= 0.6 is 0 Å². The van der Waals surface area contributed by atoms with Crippen molar-refractivity contribution in [2.45, 2.75) is 38.3 Å². The Morgan fingerprint density at radius 3 is 2.62 bits per heavy atom. The second-order valence-electron chi connectivity index (χ2n) is 7.55. The predicted molar refractivity (Wildman–Crippen MR) is 113 cm³/mol. The molecule has 1 unspecified atom stereocenters. The molecule has 0 N–H and O–H groups in total. The van der Waals surface area contributed by atoms with Crippen LogP contribution in [-0.2, 0) is 6.54 Å². The van der Waals surface area contributed by atoms with Crippen LogP contribution in [0.3, 0.4) is 0 Å². The van der Waals surface area contributed by atoms with E-state index in [4.69, 9.17) is 4.74 Å². The molecule has 1 saturated heterocycles. The number of rotatable bonds is 5. The van der Waals surface area contributed by atoms with Gasteiger partial charge in [0.15, 0.2) is 0 Å². The summed E-state index contributed by atoms with van der Waals surface area (Å²) in [5.41, 5.74) is 2.99. The summed E-state index contributed by atoms with van der Waals surface area (Å²) in [6.45, 7) is 1.44. The summed E-state index contributed by atoms with van der Waals surface area (Å²) in [5.74, 6) is 0.898. The first kappa shape index (κ1) is 19.2. The number of nitrogens with zero attached hydrogens (tertiary/aromatic N) is 3. The first-order chi connectivity index (χ1) is 14.2. The van der Waals surface area contributed by atoms with E-state index in [0.29, 0.717) is 12.1 Å². The molecule has 0 saturated carbocycles. The Balaban J connectivity index is 1.54. The molecule has 0 bridgehead atoms. The number of benzene rings is 2. The van der Waals surface area contributed by atoms with Gasteiger partial charge in [-0.25, -0.2) is 0 Å². The lowest BCUT2D eigenvalue weighted by atomic mass is 10.00. The molecule has 5 heteroatoms. The Hall–Kier alpha value is -3.08. The molecule has 1 amide bonds. The van der Waals surface area contributed by atoms with Crippen LogP contribution in [0, 0.1) is 0 Å². The van der Waals surface area contributed by atoms with Crippen molar-refractivity contribution >= 4 is 5.91 Å². The number of carbonyl (C=O) groups excluding carboxylic acids is 1. The zero-order valence-corrected chi connectivity index (χ0v) is 16.8. The van der Waals surface area contributed by atoms with Gasteiger partial charge in [-0.2, -0.15) is 5.10 Å². The standard InChI is InChI=1S/C24H27N3O2/c1-29-22-13-11-20(12-14-22)23-10-6-3-7-15-27(23)24(28)21-16-25-26(18-21)17-19-8-4-2-5-9-19/h2,4-5,8-9,11-14,16,18,23H,3,6-7,10,15,17H2,1H3. The molecule has 1 fully saturated rings. The number of hydrogen-bond acceptors (Lipinski definition) is 3. The van der Waals surface area contributed by atoms with Crippen LogP contribution in [0.1, 0.15) is 53.2 Å². The average molecular weight is 389 g/mol. The molecular formula is C24H27N3O2. The van der Waals surface area contributed by atoms with Crippen molar-refractivity contribution in [3.63, 3.8) is 0 Å². The van der Waals surface area contributed by atoms with E-state index < -0.39 is 0 Å². The van der Waals surface area contributed by atoms with Gasteiger partial charge in [0, 0.05) is 12.7 Å². The lowest BCUT2D eigenvalue weighted by Gasteiger charge is -2.30. The van der Waals surface area contributed by atoms with Gasteiger partial charge in [-0.05, 0) is 36.1 Å². The topological polar surface area (TPSA) is 47.4 Å². The zero-order chi connectivity index (χ0) is 20.1. The zero-order valence-electron chi connectivity index (χ0n) is 16.8. The maximum atomic E-state index is 13.4. The minimum Gasteiger partial charge on any atom is -0.497 e. The fraction of sp³-hybridized carbons (Fsp3) is 0.333. The quantitative estimate of drug-likeness (QED) is 0.636. The molecule has 1 aromatic heterocycles. The van der Waals surface area contributed by atoms with Gasteiger partial charge in [0.1, 0.15) is 5.75 Å². The third kappa shape index (κ3) is 4.50. The Morgan fingerprint density at radius 1 is 1.07 bits per heavy atom. The first-order valence-electron chi connectivity index (χ1n) is 10.3. The number of likely N-dealkylation sites (tertiary alicyclic amines) is 1. The van der Waals surface area contributed by atoms with Crippen LogP contribution in [0.4, 0.5) is 0 Å². The van der Waals surface area contributed by atoms with Crippen molar-refractivity contribution in [2.75, 3.05) is 13.7 Å². The number of amides is 1. The van der Waals surface area contributed by atoms with Gasteiger partial charge >= 0.3 is 0 Å². The molecule has 150 valence electrons. The molecule has 0 radical (unpaired) electrons. The highest BCUT2D eigenvalue weighted by atomic mass is 16.5. The molecule has 1 atom stereocenters. The maximum absolute atomic E-state index is 13.4. The first-order valence-corrected chi connectivity index (χ1v) is 10.3. The van der Waals surface area contributed by atoms with Gasteiger partial charge in [-0.3, -0.25) is 9.48 Å². The van der Waals surface area contributed by atoms with Crippen molar-refractivity contribution in [3.05, 3.63) is 83.7 Å². The second kappa shape index (κ2) is 8.95. The Kier molecular flexibility index (Phi) is 5.94. The van der Waals surface area contributed by atoms with Gasteiger partial charge in [0.25, 0.3) is 5.91 Å². The lowest BCUT2D eigenvalue weighted by molar-refractivity contribution is 0.0681. The van der Waals surface area contributed by atoms with E-state index in [1.54, 1.807) is 13.3 Å². The van der Waals surface area contributed by atoms with E-state index in [0.717, 1.165) is 43.5 Å². The molecule has 29 heavy (non-hydrogen) atoms. The van der Waals surface area contributed by atoms with Crippen molar-refractivity contribution in [1.82, 2.24) is 14.7 Å². The molecule has 5 nitrogen and oxygen atoms in total. The third-order valence-electron chi connectivity index (χ3n) is 5.58. The second-order valence-corrected chi connectivity index (χ2v) is 7.55. The lowest BCUT2D eigenvalue weighted by Crippen LogP contribution is -2.34. The largest absolute Gasteiger partial charge is 0.497 e. The van der Waals surface area contributed by atoms with Crippen molar-refractivity contribution in [1.29, 1.82) is 0 Å². The molecule has 4 rings (SSSR count). The third-order valence-corrected chi connectivity index (χ3v) is 5.58. The number of ether oxygens (including phenoxy) is 1. The van der Waals surface area contributed by atoms with Crippen LogP contribution in [0.15, 0.2) is 67.0 Å². The molecular weight excluding hydrogens is 362 g/mol. The molecule has 0 spiro atoms. The van der Waals surface area contributed by atoms with Gasteiger partial charge in [-0.1, -0.05) is 55.3 Å². The van der Waals surface area contributed by atoms with Crippen LogP contribution in [0.25, 0.3) is 0 Å². The highest BCUT2D eigenvalue weighted by molar-refractivity contribution is 5.94. The van der Waals surface area contributed by atoms with Crippen molar-refractivity contribution < 1.29 is 9.53 Å². The van der Waals surface area contributed by atoms with Crippen LogP contribution in [0.5, 0.6) is 5.75 Å². The number of aromatic nitrogens is 2. The highest BCUT2D eigenvalue weighted by Gasteiger charge is 2.28. The van der Waals surface area contributed by atoms with E-state index in [1.165, 1.54) is 5.56 Å². The predicted octanol–water partition coefficient (Wildman–Crippen LogP) is 4.70. The SMILES string of the molecule is COc1ccc(C2CCCCCN2C(=O)c2cnn(Cc3ccccc3)c2)cc1. The van der Waals surface area contributed by atoms with E-state index in [9.17, 15) is 4.79 Å². The fourth-order valence-electron chi connectivity index (χ4n) is 4.02. The van der Waals surface area contributed by atoms with Crippen LogP contribution < -0.4 is 4.74 Å². The Bertz CT molecular complexity index is 934.